The van der Waals surface area contributed by atoms with Gasteiger partial charge in [0, 0.05) is 18.8 Å². The zero-order valence-electron chi connectivity index (χ0n) is 14.3. The fourth-order valence-corrected chi connectivity index (χ4v) is 3.53. The molecule has 0 saturated heterocycles. The number of thiazole rings is 1. The third kappa shape index (κ3) is 2.76. The van der Waals surface area contributed by atoms with Gasteiger partial charge in [-0.25, -0.2) is 9.37 Å². The summed E-state index contributed by atoms with van der Waals surface area (Å²) in [6.07, 6.45) is 0. The molecule has 7 nitrogen and oxygen atoms in total. The number of anilines is 1. The van der Waals surface area contributed by atoms with E-state index in [1.165, 1.54) is 22.1 Å². The highest BCUT2D eigenvalue weighted by atomic mass is 32.1. The van der Waals surface area contributed by atoms with E-state index in [4.69, 9.17) is 0 Å². The molecule has 1 amide bonds. The zero-order valence-corrected chi connectivity index (χ0v) is 15.1. The van der Waals surface area contributed by atoms with E-state index in [2.05, 4.69) is 20.5 Å². The molecule has 1 N–H and O–H groups in total. The number of hydrogen-bond acceptors (Lipinski definition) is 5. The van der Waals surface area contributed by atoms with Gasteiger partial charge in [-0.3, -0.25) is 9.48 Å². The van der Waals surface area contributed by atoms with Crippen LogP contribution in [0.2, 0.25) is 0 Å². The molecule has 132 valence electrons. The van der Waals surface area contributed by atoms with Gasteiger partial charge in [0.15, 0.2) is 5.69 Å². The van der Waals surface area contributed by atoms with Gasteiger partial charge in [-0.15, -0.1) is 0 Å². The summed E-state index contributed by atoms with van der Waals surface area (Å²) in [6.45, 7) is 3.68. The Morgan fingerprint density at radius 2 is 2.04 bits per heavy atom. The smallest absolute Gasteiger partial charge is 0.277 e. The largest absolute Gasteiger partial charge is 0.305 e. The SMILES string of the molecule is Cc1cc(NC(=O)c2cc(C)n(C)n2)n(-c2nc3c(F)cccc3s2)n1. The highest BCUT2D eigenvalue weighted by molar-refractivity contribution is 7.20. The molecule has 0 spiro atoms. The van der Waals surface area contributed by atoms with Crippen LogP contribution in [-0.4, -0.2) is 30.5 Å². The number of aryl methyl sites for hydroxylation is 3. The van der Waals surface area contributed by atoms with Crippen molar-refractivity contribution in [1.29, 1.82) is 0 Å². The first-order valence-corrected chi connectivity index (χ1v) is 8.68. The molecule has 0 bridgehead atoms. The van der Waals surface area contributed by atoms with Crippen LogP contribution in [0.15, 0.2) is 30.3 Å². The van der Waals surface area contributed by atoms with Crippen LogP contribution >= 0.6 is 11.3 Å². The number of benzene rings is 1. The number of rotatable bonds is 3. The third-order valence-corrected chi connectivity index (χ3v) is 4.96. The lowest BCUT2D eigenvalue weighted by atomic mass is 10.3. The van der Waals surface area contributed by atoms with Gasteiger partial charge < -0.3 is 5.32 Å². The van der Waals surface area contributed by atoms with Gasteiger partial charge in [0.1, 0.15) is 17.2 Å². The van der Waals surface area contributed by atoms with E-state index in [1.54, 1.807) is 36.0 Å². The van der Waals surface area contributed by atoms with Crippen molar-refractivity contribution in [3.8, 4) is 5.13 Å². The number of nitrogens with one attached hydrogen (secondary N) is 1. The lowest BCUT2D eigenvalue weighted by Crippen LogP contribution is -2.16. The fraction of sp³-hybridized carbons (Fsp3) is 0.176. The number of amides is 1. The number of fused-ring (bicyclic) bond motifs is 1. The molecular weight excluding hydrogens is 355 g/mol. The van der Waals surface area contributed by atoms with E-state index in [0.29, 0.717) is 32.6 Å². The molecule has 0 unspecified atom stereocenters. The molecule has 4 aromatic rings. The monoisotopic (exact) mass is 370 g/mol. The Morgan fingerprint density at radius 1 is 1.23 bits per heavy atom. The standard InChI is InChI=1S/C17H15FN6OS/c1-9-7-14(19-16(25)12-8-10(2)23(3)22-12)24(21-9)17-20-15-11(18)5-4-6-13(15)26-17/h4-8H,1-3H3,(H,19,25). The Kier molecular flexibility index (Phi) is 3.80. The van der Waals surface area contributed by atoms with Crippen molar-refractivity contribution in [2.75, 3.05) is 5.32 Å². The Bertz CT molecular complexity index is 1120. The number of nitrogens with zero attached hydrogens (tertiary/aromatic N) is 5. The summed E-state index contributed by atoms with van der Waals surface area (Å²) < 4.78 is 17.8. The van der Waals surface area contributed by atoms with E-state index >= 15 is 0 Å². The quantitative estimate of drug-likeness (QED) is 0.601. The van der Waals surface area contributed by atoms with Crippen molar-refractivity contribution in [2.24, 2.45) is 7.05 Å². The number of halogens is 1. The van der Waals surface area contributed by atoms with Crippen LogP contribution in [0.25, 0.3) is 15.3 Å². The molecule has 0 saturated carbocycles. The molecule has 4 rings (SSSR count). The molecule has 26 heavy (non-hydrogen) atoms. The van der Waals surface area contributed by atoms with Crippen LogP contribution in [0.3, 0.4) is 0 Å². The van der Waals surface area contributed by atoms with Crippen LogP contribution < -0.4 is 5.32 Å². The summed E-state index contributed by atoms with van der Waals surface area (Å²) in [5, 5.41) is 11.8. The van der Waals surface area contributed by atoms with Crippen molar-refractivity contribution in [3.63, 3.8) is 0 Å². The molecule has 3 aromatic heterocycles. The Labute approximate surface area is 152 Å². The van der Waals surface area contributed by atoms with Gasteiger partial charge in [-0.2, -0.15) is 14.9 Å². The highest BCUT2D eigenvalue weighted by Crippen LogP contribution is 2.28. The molecule has 0 atom stereocenters. The van der Waals surface area contributed by atoms with Crippen molar-refractivity contribution in [1.82, 2.24) is 24.5 Å². The third-order valence-electron chi connectivity index (χ3n) is 3.96. The average molecular weight is 370 g/mol. The van der Waals surface area contributed by atoms with Gasteiger partial charge >= 0.3 is 0 Å². The normalized spacial score (nSPS) is 11.2. The van der Waals surface area contributed by atoms with E-state index in [9.17, 15) is 9.18 Å². The first-order chi connectivity index (χ1) is 12.4. The van der Waals surface area contributed by atoms with E-state index in [-0.39, 0.29) is 11.7 Å². The van der Waals surface area contributed by atoms with Crippen LogP contribution in [0.4, 0.5) is 10.2 Å². The summed E-state index contributed by atoms with van der Waals surface area (Å²) in [5.41, 5.74) is 2.18. The average Bonchev–Trinajstić information content (AvgIpc) is 3.26. The number of carbonyl (C=O) groups is 1. The van der Waals surface area contributed by atoms with Gasteiger partial charge in [0.2, 0.25) is 5.13 Å². The fourth-order valence-electron chi connectivity index (χ4n) is 2.58. The Morgan fingerprint density at radius 3 is 2.73 bits per heavy atom. The van der Waals surface area contributed by atoms with Gasteiger partial charge in [0.25, 0.3) is 5.91 Å². The topological polar surface area (TPSA) is 77.6 Å². The first-order valence-electron chi connectivity index (χ1n) is 7.86. The number of hydrogen-bond donors (Lipinski definition) is 1. The minimum absolute atomic E-state index is 0.290. The summed E-state index contributed by atoms with van der Waals surface area (Å²) in [6, 6.07) is 8.24. The lowest BCUT2D eigenvalue weighted by Gasteiger charge is -2.04. The predicted octanol–water partition coefficient (Wildman–Crippen LogP) is 3.22. The number of aromatic nitrogens is 5. The molecule has 0 aliphatic carbocycles. The molecular formula is C17H15FN6OS. The molecule has 0 aliphatic rings. The number of carbonyl (C=O) groups excluding carboxylic acids is 1. The first kappa shape index (κ1) is 16.4. The summed E-state index contributed by atoms with van der Waals surface area (Å²) in [5.74, 6) is -0.277. The van der Waals surface area contributed by atoms with Crippen LogP contribution in [0.1, 0.15) is 21.9 Å². The molecule has 3 heterocycles. The second kappa shape index (κ2) is 6.03. The summed E-state index contributed by atoms with van der Waals surface area (Å²) >= 11 is 1.30. The van der Waals surface area contributed by atoms with Gasteiger partial charge in [-0.05, 0) is 32.0 Å². The van der Waals surface area contributed by atoms with E-state index in [0.717, 1.165) is 5.69 Å². The maximum absolute atomic E-state index is 13.9. The van der Waals surface area contributed by atoms with Crippen LogP contribution in [-0.2, 0) is 7.05 Å². The highest BCUT2D eigenvalue weighted by Gasteiger charge is 2.18. The van der Waals surface area contributed by atoms with Crippen molar-refractivity contribution in [2.45, 2.75) is 13.8 Å². The minimum atomic E-state index is -0.386. The maximum atomic E-state index is 13.9. The maximum Gasteiger partial charge on any atom is 0.277 e. The minimum Gasteiger partial charge on any atom is -0.305 e. The van der Waals surface area contributed by atoms with Gasteiger partial charge in [0.05, 0.1) is 10.4 Å². The van der Waals surface area contributed by atoms with Crippen LogP contribution in [0, 0.1) is 19.7 Å². The number of para-hydroxylation sites is 1. The van der Waals surface area contributed by atoms with Crippen molar-refractivity contribution in [3.05, 3.63) is 53.2 Å². The lowest BCUT2D eigenvalue weighted by molar-refractivity contribution is 0.102. The van der Waals surface area contributed by atoms with Crippen molar-refractivity contribution < 1.29 is 9.18 Å². The summed E-state index contributed by atoms with van der Waals surface area (Å²) in [7, 11) is 1.77. The van der Waals surface area contributed by atoms with Crippen molar-refractivity contribution >= 4 is 33.3 Å². The molecule has 1 aromatic carbocycles. The Hall–Kier alpha value is -3.07. The van der Waals surface area contributed by atoms with Crippen LogP contribution in [0.5, 0.6) is 0 Å². The molecule has 0 aliphatic heterocycles. The zero-order chi connectivity index (χ0) is 18.4. The molecule has 0 radical (unpaired) electrons. The van der Waals surface area contributed by atoms with E-state index in [1.807, 2.05) is 13.8 Å². The summed E-state index contributed by atoms with van der Waals surface area (Å²) in [4.78, 5) is 16.8. The Balaban J connectivity index is 1.72. The second-order valence-electron chi connectivity index (χ2n) is 5.91. The van der Waals surface area contributed by atoms with Gasteiger partial charge in [-0.1, -0.05) is 17.4 Å². The molecule has 9 heteroatoms. The van der Waals surface area contributed by atoms with E-state index < -0.39 is 0 Å². The second-order valence-corrected chi connectivity index (χ2v) is 6.92. The predicted molar refractivity (Wildman–Crippen MR) is 97.3 cm³/mol. The molecule has 0 fully saturated rings.